The van der Waals surface area contributed by atoms with E-state index in [1.54, 1.807) is 35.6 Å². The number of nitrogens with zero attached hydrogens (tertiary/aromatic N) is 4. The van der Waals surface area contributed by atoms with E-state index in [0.717, 1.165) is 27.7 Å². The summed E-state index contributed by atoms with van der Waals surface area (Å²) in [5.74, 6) is -0.255. The zero-order valence-corrected chi connectivity index (χ0v) is 16.3. The molecule has 146 valence electrons. The predicted molar refractivity (Wildman–Crippen MR) is 109 cm³/mol. The quantitative estimate of drug-likeness (QED) is 0.686. The number of H-pyrrole nitrogens is 1. The van der Waals surface area contributed by atoms with Gasteiger partial charge >= 0.3 is 0 Å². The second-order valence-electron chi connectivity index (χ2n) is 7.99. The third kappa shape index (κ3) is 2.65. The first-order valence-corrected chi connectivity index (χ1v) is 9.64. The smallest absolute Gasteiger partial charge is 0.266 e. The molecule has 5 rings (SSSR count). The topological polar surface area (TPSA) is 81.7 Å². The Morgan fingerprint density at radius 3 is 2.72 bits per heavy atom. The fraction of sp³-hybridized carbons (Fsp3) is 0.273. The van der Waals surface area contributed by atoms with Crippen LogP contribution in [0.5, 0.6) is 0 Å². The number of carbonyl (C=O) groups excluding carboxylic acids is 2. The Balaban J connectivity index is 1.54. The van der Waals surface area contributed by atoms with Crippen molar-refractivity contribution in [3.63, 3.8) is 0 Å². The van der Waals surface area contributed by atoms with Gasteiger partial charge in [0.25, 0.3) is 5.91 Å². The maximum atomic E-state index is 13.3. The Bertz CT molecular complexity index is 1150. The fourth-order valence-corrected chi connectivity index (χ4v) is 4.55. The van der Waals surface area contributed by atoms with Crippen molar-refractivity contribution >= 4 is 28.9 Å². The van der Waals surface area contributed by atoms with Crippen LogP contribution in [-0.4, -0.2) is 50.5 Å². The largest absolute Gasteiger partial charge is 0.356 e. The van der Waals surface area contributed by atoms with Gasteiger partial charge in [0.05, 0.1) is 11.8 Å². The van der Waals surface area contributed by atoms with Gasteiger partial charge in [-0.3, -0.25) is 14.6 Å². The van der Waals surface area contributed by atoms with Crippen molar-refractivity contribution < 1.29 is 9.59 Å². The van der Waals surface area contributed by atoms with E-state index in [0.29, 0.717) is 6.42 Å². The molecule has 2 aromatic heterocycles. The van der Waals surface area contributed by atoms with E-state index in [1.165, 1.54) is 5.01 Å². The minimum absolute atomic E-state index is 0.0596. The van der Waals surface area contributed by atoms with Gasteiger partial charge in [0.15, 0.2) is 0 Å². The molecule has 7 nitrogen and oxygen atoms in total. The molecule has 7 heteroatoms. The Morgan fingerprint density at radius 2 is 1.93 bits per heavy atom. The number of rotatable bonds is 2. The Kier molecular flexibility index (Phi) is 3.81. The third-order valence-corrected chi connectivity index (χ3v) is 5.88. The molecule has 1 aromatic carbocycles. The van der Waals surface area contributed by atoms with E-state index in [1.807, 2.05) is 32.0 Å². The van der Waals surface area contributed by atoms with Crippen LogP contribution in [0.2, 0.25) is 0 Å². The molecule has 2 aliphatic heterocycles. The lowest BCUT2D eigenvalue weighted by molar-refractivity contribution is -0.163. The van der Waals surface area contributed by atoms with Gasteiger partial charge in [0, 0.05) is 35.4 Å². The van der Waals surface area contributed by atoms with E-state index in [9.17, 15) is 9.59 Å². The van der Waals surface area contributed by atoms with Crippen LogP contribution in [0, 0.1) is 0 Å². The zero-order valence-electron chi connectivity index (χ0n) is 16.3. The van der Waals surface area contributed by atoms with Crippen LogP contribution in [-0.2, 0) is 21.5 Å². The molecule has 4 heterocycles. The lowest BCUT2D eigenvalue weighted by Gasteiger charge is -2.50. The van der Waals surface area contributed by atoms with Gasteiger partial charge in [0.1, 0.15) is 12.6 Å². The number of pyridine rings is 1. The van der Waals surface area contributed by atoms with Gasteiger partial charge in [-0.1, -0.05) is 18.2 Å². The number of aromatic nitrogens is 2. The monoisotopic (exact) mass is 387 g/mol. The highest BCUT2D eigenvalue weighted by Crippen LogP contribution is 2.42. The number of nitrogens with one attached hydrogen (secondary N) is 1. The molecule has 0 unspecified atom stereocenters. The number of amides is 2. The average molecular weight is 387 g/mol. The molecule has 1 fully saturated rings. The van der Waals surface area contributed by atoms with E-state index < -0.39 is 11.6 Å². The van der Waals surface area contributed by atoms with Crippen molar-refractivity contribution in [2.75, 3.05) is 6.54 Å². The molecular formula is C22H21N5O2. The van der Waals surface area contributed by atoms with Crippen LogP contribution in [0.25, 0.3) is 10.9 Å². The highest BCUT2D eigenvalue weighted by Gasteiger charge is 2.51. The molecule has 3 aromatic rings. The maximum Gasteiger partial charge on any atom is 0.266 e. The third-order valence-electron chi connectivity index (χ3n) is 5.88. The molecule has 0 radical (unpaired) electrons. The maximum absolute atomic E-state index is 13.3. The van der Waals surface area contributed by atoms with Gasteiger partial charge in [-0.05, 0) is 43.2 Å². The SMILES string of the molecule is CC1(C)c2[nH]c3ccccc3c2C[C@H]2C(=O)N(/N=C\c3ccncc3)CC(=O)N21. The normalized spacial score (nSPS) is 21.0. The molecular weight excluding hydrogens is 366 g/mol. The molecule has 0 saturated carbocycles. The molecule has 29 heavy (non-hydrogen) atoms. The second-order valence-corrected chi connectivity index (χ2v) is 7.99. The summed E-state index contributed by atoms with van der Waals surface area (Å²) in [6.45, 7) is 3.93. The number of fused-ring (bicyclic) bond motifs is 4. The van der Waals surface area contributed by atoms with E-state index >= 15 is 0 Å². The summed E-state index contributed by atoms with van der Waals surface area (Å²) in [5.41, 5.74) is 3.35. The number of piperazine rings is 1. The van der Waals surface area contributed by atoms with Gasteiger partial charge in [-0.15, -0.1) is 0 Å². The second kappa shape index (κ2) is 6.27. The van der Waals surface area contributed by atoms with Gasteiger partial charge < -0.3 is 9.88 Å². The van der Waals surface area contributed by atoms with Crippen molar-refractivity contribution in [3.05, 3.63) is 65.6 Å². The minimum atomic E-state index is -0.606. The fourth-order valence-electron chi connectivity index (χ4n) is 4.55. The van der Waals surface area contributed by atoms with Gasteiger partial charge in [-0.25, -0.2) is 5.01 Å². The summed E-state index contributed by atoms with van der Waals surface area (Å²) in [6.07, 6.45) is 5.39. The number of para-hydroxylation sites is 1. The molecule has 2 amide bonds. The van der Waals surface area contributed by atoms with Crippen LogP contribution in [0.3, 0.4) is 0 Å². The predicted octanol–water partition coefficient (Wildman–Crippen LogP) is 2.43. The molecule has 0 aliphatic carbocycles. The number of carbonyl (C=O) groups is 2. The average Bonchev–Trinajstić information content (AvgIpc) is 3.10. The summed E-state index contributed by atoms with van der Waals surface area (Å²) in [6, 6.07) is 11.1. The molecule has 1 atom stereocenters. The number of hydrazone groups is 1. The number of aromatic amines is 1. The van der Waals surface area contributed by atoms with Crippen molar-refractivity contribution in [1.29, 1.82) is 0 Å². The highest BCUT2D eigenvalue weighted by atomic mass is 16.2. The Labute approximate surface area is 168 Å². The zero-order chi connectivity index (χ0) is 20.2. The van der Waals surface area contributed by atoms with Crippen LogP contribution in [0.4, 0.5) is 0 Å². The van der Waals surface area contributed by atoms with Crippen molar-refractivity contribution in [2.45, 2.75) is 31.8 Å². The summed E-state index contributed by atoms with van der Waals surface area (Å²) in [4.78, 5) is 35.5. The lowest BCUT2D eigenvalue weighted by atomic mass is 9.82. The molecule has 0 spiro atoms. The number of hydrogen-bond acceptors (Lipinski definition) is 4. The number of benzene rings is 1. The van der Waals surface area contributed by atoms with Crippen molar-refractivity contribution in [3.8, 4) is 0 Å². The molecule has 1 saturated heterocycles. The van der Waals surface area contributed by atoms with Crippen molar-refractivity contribution in [1.82, 2.24) is 19.9 Å². The summed E-state index contributed by atoms with van der Waals surface area (Å²) in [5, 5.41) is 6.70. The van der Waals surface area contributed by atoms with Crippen LogP contribution in [0.15, 0.2) is 53.9 Å². The Hall–Kier alpha value is -3.48. The molecule has 2 aliphatic rings. The Morgan fingerprint density at radius 1 is 1.17 bits per heavy atom. The van der Waals surface area contributed by atoms with E-state index in [-0.39, 0.29) is 18.4 Å². The first-order chi connectivity index (χ1) is 14.0. The first-order valence-electron chi connectivity index (χ1n) is 9.64. The summed E-state index contributed by atoms with van der Waals surface area (Å²) < 4.78 is 0. The number of hydrogen-bond donors (Lipinski definition) is 1. The summed E-state index contributed by atoms with van der Waals surface area (Å²) in [7, 11) is 0. The van der Waals surface area contributed by atoms with Gasteiger partial charge in [0.2, 0.25) is 5.91 Å². The first kappa shape index (κ1) is 17.6. The van der Waals surface area contributed by atoms with Gasteiger partial charge in [-0.2, -0.15) is 5.10 Å². The van der Waals surface area contributed by atoms with Crippen molar-refractivity contribution in [2.24, 2.45) is 5.10 Å². The molecule has 1 N–H and O–H groups in total. The van der Waals surface area contributed by atoms with Crippen LogP contribution < -0.4 is 0 Å². The van der Waals surface area contributed by atoms with E-state index in [4.69, 9.17) is 0 Å². The molecule has 0 bridgehead atoms. The van der Waals surface area contributed by atoms with Crippen LogP contribution in [0.1, 0.15) is 30.7 Å². The van der Waals surface area contributed by atoms with Crippen LogP contribution >= 0.6 is 0 Å². The summed E-state index contributed by atoms with van der Waals surface area (Å²) >= 11 is 0. The highest BCUT2D eigenvalue weighted by molar-refractivity contribution is 5.98. The minimum Gasteiger partial charge on any atom is -0.356 e. The lowest BCUT2D eigenvalue weighted by Crippen LogP contribution is -2.66. The standard InChI is InChI=1S/C22H21N5O2/c1-22(2)20-16(15-5-3-4-6-17(15)25-20)11-18-21(29)26(13-19(28)27(18)22)24-12-14-7-9-23-10-8-14/h3-10,12,18,25H,11,13H2,1-2H3/b24-12-/t18-/m0/s1. The van der Waals surface area contributed by atoms with E-state index in [2.05, 4.69) is 21.1 Å².